The van der Waals surface area contributed by atoms with Gasteiger partial charge in [-0.15, -0.1) is 0 Å². The first-order chi connectivity index (χ1) is 13.6. The fourth-order valence-electron chi connectivity index (χ4n) is 3.22. The Morgan fingerprint density at radius 2 is 1.57 bits per heavy atom. The fraction of sp³-hybridized carbons (Fsp3) is 0.174. The Kier molecular flexibility index (Phi) is 4.89. The van der Waals surface area contributed by atoms with Crippen molar-refractivity contribution in [3.8, 4) is 5.88 Å². The Hall–Kier alpha value is -3.47. The quantitative estimate of drug-likeness (QED) is 0.643. The average Bonchev–Trinajstić information content (AvgIpc) is 2.70. The van der Waals surface area contributed by atoms with Crippen LogP contribution in [0, 0.1) is 6.92 Å². The van der Waals surface area contributed by atoms with Gasteiger partial charge in [-0.25, -0.2) is 4.98 Å². The number of benzene rings is 2. The van der Waals surface area contributed by atoms with Gasteiger partial charge in [-0.05, 0) is 19.1 Å². The number of rotatable bonds is 5. The van der Waals surface area contributed by atoms with Gasteiger partial charge in [0.25, 0.3) is 5.91 Å². The van der Waals surface area contributed by atoms with E-state index in [-0.39, 0.29) is 17.8 Å². The summed E-state index contributed by atoms with van der Waals surface area (Å²) in [6, 6.07) is 21.6. The molecule has 0 atom stereocenters. The Bertz CT molecular complexity index is 1010. The van der Waals surface area contributed by atoms with Crippen molar-refractivity contribution in [1.82, 2.24) is 9.88 Å². The summed E-state index contributed by atoms with van der Waals surface area (Å²) in [6.07, 6.45) is -0.0877. The van der Waals surface area contributed by atoms with Crippen LogP contribution in [0.1, 0.15) is 32.0 Å². The van der Waals surface area contributed by atoms with Crippen LogP contribution in [0.2, 0.25) is 0 Å². The maximum atomic E-state index is 12.9. The molecule has 0 spiro atoms. The second kappa shape index (κ2) is 7.64. The number of aryl methyl sites for hydroxylation is 1. The first-order valence-corrected chi connectivity index (χ1v) is 9.20. The molecule has 5 heteroatoms. The molecule has 1 aliphatic heterocycles. The lowest BCUT2D eigenvalue weighted by Crippen LogP contribution is -2.56. The standard InChI is InChI=1S/C23H20N2O3/c1-16-8-7-13-21(24-16)28-18-14-25(15-18)23(27)20-12-6-5-11-19(20)22(26)17-9-3-2-4-10-17/h2-13,18H,14-15H2,1H3. The van der Waals surface area contributed by atoms with Gasteiger partial charge in [-0.1, -0.05) is 54.6 Å². The Balaban J connectivity index is 1.46. The van der Waals surface area contributed by atoms with Crippen molar-refractivity contribution in [3.63, 3.8) is 0 Å². The van der Waals surface area contributed by atoms with Crippen molar-refractivity contribution < 1.29 is 14.3 Å². The highest BCUT2D eigenvalue weighted by molar-refractivity contribution is 6.15. The molecule has 28 heavy (non-hydrogen) atoms. The van der Waals surface area contributed by atoms with Crippen LogP contribution in [0.4, 0.5) is 0 Å². The van der Waals surface area contributed by atoms with E-state index in [1.54, 1.807) is 41.3 Å². The molecule has 0 saturated carbocycles. The molecule has 0 unspecified atom stereocenters. The molecule has 1 aromatic heterocycles. The first-order valence-electron chi connectivity index (χ1n) is 9.20. The molecule has 0 bridgehead atoms. The summed E-state index contributed by atoms with van der Waals surface area (Å²) < 4.78 is 5.82. The minimum absolute atomic E-state index is 0.0877. The van der Waals surface area contributed by atoms with E-state index < -0.39 is 0 Å². The minimum Gasteiger partial charge on any atom is -0.471 e. The van der Waals surface area contributed by atoms with Crippen LogP contribution in [0.5, 0.6) is 5.88 Å². The molecular weight excluding hydrogens is 352 g/mol. The SMILES string of the molecule is Cc1cccc(OC2CN(C(=O)c3ccccc3C(=O)c3ccccc3)C2)n1. The number of likely N-dealkylation sites (tertiary alicyclic amines) is 1. The number of nitrogens with zero attached hydrogens (tertiary/aromatic N) is 2. The zero-order chi connectivity index (χ0) is 19.5. The van der Waals surface area contributed by atoms with Gasteiger partial charge < -0.3 is 9.64 Å². The number of ketones is 1. The van der Waals surface area contributed by atoms with Crippen LogP contribution < -0.4 is 4.74 Å². The smallest absolute Gasteiger partial charge is 0.254 e. The summed E-state index contributed by atoms with van der Waals surface area (Å²) in [5, 5.41) is 0. The fourth-order valence-corrected chi connectivity index (χ4v) is 3.22. The number of aromatic nitrogens is 1. The summed E-state index contributed by atoms with van der Waals surface area (Å²) in [5.74, 6) is 0.260. The van der Waals surface area contributed by atoms with Gasteiger partial charge in [-0.2, -0.15) is 0 Å². The second-order valence-electron chi connectivity index (χ2n) is 6.81. The van der Waals surface area contributed by atoms with Gasteiger partial charge in [0.1, 0.15) is 6.10 Å². The molecule has 1 amide bonds. The Morgan fingerprint density at radius 3 is 2.29 bits per heavy atom. The molecule has 5 nitrogen and oxygen atoms in total. The van der Waals surface area contributed by atoms with Crippen LogP contribution in [-0.4, -0.2) is 40.8 Å². The van der Waals surface area contributed by atoms with E-state index in [0.29, 0.717) is 35.7 Å². The van der Waals surface area contributed by atoms with Gasteiger partial charge in [0, 0.05) is 22.9 Å². The Labute approximate surface area is 163 Å². The molecule has 1 saturated heterocycles. The van der Waals surface area contributed by atoms with E-state index in [2.05, 4.69) is 4.98 Å². The summed E-state index contributed by atoms with van der Waals surface area (Å²) in [7, 11) is 0. The lowest BCUT2D eigenvalue weighted by Gasteiger charge is -2.38. The molecule has 0 radical (unpaired) electrons. The monoisotopic (exact) mass is 372 g/mol. The van der Waals surface area contributed by atoms with Gasteiger partial charge in [0.15, 0.2) is 5.78 Å². The van der Waals surface area contributed by atoms with Crippen molar-refractivity contribution in [3.05, 3.63) is 95.2 Å². The molecule has 2 aromatic carbocycles. The third-order valence-corrected chi connectivity index (χ3v) is 4.72. The van der Waals surface area contributed by atoms with E-state index in [1.165, 1.54) is 0 Å². The summed E-state index contributed by atoms with van der Waals surface area (Å²) in [5.41, 5.74) is 2.29. The third-order valence-electron chi connectivity index (χ3n) is 4.72. The molecule has 2 heterocycles. The van der Waals surface area contributed by atoms with Crippen molar-refractivity contribution in [2.75, 3.05) is 13.1 Å². The van der Waals surface area contributed by atoms with E-state index in [1.807, 2.05) is 43.3 Å². The molecule has 140 valence electrons. The predicted octanol–water partition coefficient (Wildman–Crippen LogP) is 3.52. The van der Waals surface area contributed by atoms with Crippen molar-refractivity contribution in [2.24, 2.45) is 0 Å². The maximum Gasteiger partial charge on any atom is 0.254 e. The topological polar surface area (TPSA) is 59.5 Å². The zero-order valence-corrected chi connectivity index (χ0v) is 15.5. The van der Waals surface area contributed by atoms with Crippen LogP contribution >= 0.6 is 0 Å². The van der Waals surface area contributed by atoms with E-state index >= 15 is 0 Å². The van der Waals surface area contributed by atoms with E-state index in [9.17, 15) is 9.59 Å². The van der Waals surface area contributed by atoms with Crippen LogP contribution in [-0.2, 0) is 0 Å². The lowest BCUT2D eigenvalue weighted by atomic mass is 9.96. The average molecular weight is 372 g/mol. The summed E-state index contributed by atoms with van der Waals surface area (Å²) in [6.45, 7) is 2.86. The number of carbonyl (C=O) groups excluding carboxylic acids is 2. The number of carbonyl (C=O) groups is 2. The molecule has 0 aliphatic carbocycles. The van der Waals surface area contributed by atoms with Crippen LogP contribution in [0.15, 0.2) is 72.8 Å². The largest absolute Gasteiger partial charge is 0.471 e. The zero-order valence-electron chi connectivity index (χ0n) is 15.5. The number of hydrogen-bond acceptors (Lipinski definition) is 4. The molecular formula is C23H20N2O3. The van der Waals surface area contributed by atoms with Crippen molar-refractivity contribution in [2.45, 2.75) is 13.0 Å². The lowest BCUT2D eigenvalue weighted by molar-refractivity contribution is 0.0159. The number of amides is 1. The maximum absolute atomic E-state index is 12.9. The van der Waals surface area contributed by atoms with Crippen LogP contribution in [0.3, 0.4) is 0 Å². The molecule has 0 N–H and O–H groups in total. The predicted molar refractivity (Wildman–Crippen MR) is 106 cm³/mol. The summed E-state index contributed by atoms with van der Waals surface area (Å²) >= 11 is 0. The van der Waals surface area contributed by atoms with Crippen molar-refractivity contribution in [1.29, 1.82) is 0 Å². The highest BCUT2D eigenvalue weighted by Crippen LogP contribution is 2.22. The van der Waals surface area contributed by atoms with Gasteiger partial charge in [0.05, 0.1) is 18.7 Å². The van der Waals surface area contributed by atoms with E-state index in [4.69, 9.17) is 4.74 Å². The minimum atomic E-state index is -0.156. The number of ether oxygens (including phenoxy) is 1. The molecule has 1 aliphatic rings. The molecule has 3 aromatic rings. The molecule has 1 fully saturated rings. The first kappa shape index (κ1) is 17.9. The van der Waals surface area contributed by atoms with E-state index in [0.717, 1.165) is 5.69 Å². The number of pyridine rings is 1. The van der Waals surface area contributed by atoms with Gasteiger partial charge >= 0.3 is 0 Å². The van der Waals surface area contributed by atoms with Gasteiger partial charge in [-0.3, -0.25) is 9.59 Å². The highest BCUT2D eigenvalue weighted by Gasteiger charge is 2.34. The molecule has 4 rings (SSSR count). The Morgan fingerprint density at radius 1 is 0.893 bits per heavy atom. The van der Waals surface area contributed by atoms with Crippen LogP contribution in [0.25, 0.3) is 0 Å². The number of hydrogen-bond donors (Lipinski definition) is 0. The van der Waals surface area contributed by atoms with Gasteiger partial charge in [0.2, 0.25) is 5.88 Å². The highest BCUT2D eigenvalue weighted by atomic mass is 16.5. The normalized spacial score (nSPS) is 13.7. The second-order valence-corrected chi connectivity index (χ2v) is 6.81. The third kappa shape index (κ3) is 3.64. The van der Waals surface area contributed by atoms with Crippen molar-refractivity contribution >= 4 is 11.7 Å². The summed E-state index contributed by atoms with van der Waals surface area (Å²) in [4.78, 5) is 31.8.